The third-order valence-electron chi connectivity index (χ3n) is 3.91. The average Bonchev–Trinajstić information content (AvgIpc) is 2.89. The second-order valence-corrected chi connectivity index (χ2v) is 11.6. The van der Waals surface area contributed by atoms with E-state index < -0.39 is 8.07 Å². The highest BCUT2D eigenvalue weighted by molar-refractivity contribution is 6.89. The topological polar surface area (TPSA) is 41.8 Å². The van der Waals surface area contributed by atoms with Crippen LogP contribution in [-0.4, -0.2) is 32.5 Å². The van der Waals surface area contributed by atoms with Crippen molar-refractivity contribution in [1.82, 2.24) is 0 Å². The minimum atomic E-state index is -1.61. The molecule has 1 aliphatic rings. The van der Waals surface area contributed by atoms with Crippen molar-refractivity contribution in [1.29, 1.82) is 0 Å². The average molecular weight is 291 g/mol. The van der Waals surface area contributed by atoms with Gasteiger partial charge in [-0.2, -0.15) is 0 Å². The fourth-order valence-corrected chi connectivity index (χ4v) is 4.09. The summed E-state index contributed by atoms with van der Waals surface area (Å²) < 4.78 is 5.37. The third kappa shape index (κ3) is 3.42. The Morgan fingerprint density at radius 3 is 2.45 bits per heavy atom. The molecule has 3 nitrogen and oxygen atoms in total. The van der Waals surface area contributed by atoms with E-state index in [1.165, 1.54) is 25.7 Å². The Kier molecular flexibility index (Phi) is 4.53. The van der Waals surface area contributed by atoms with Gasteiger partial charge in [-0.15, -0.1) is 0 Å². The fourth-order valence-electron chi connectivity index (χ4n) is 2.66. The number of benzene rings is 1. The summed E-state index contributed by atoms with van der Waals surface area (Å²) in [5, 5.41) is 11.5. The number of phenols is 1. The summed E-state index contributed by atoms with van der Waals surface area (Å²) in [4.78, 5) is 4.63. The van der Waals surface area contributed by atoms with E-state index in [-0.39, 0.29) is 0 Å². The smallest absolute Gasteiger partial charge is 0.123 e. The first-order valence-corrected chi connectivity index (χ1v) is 10.9. The molecule has 0 aromatic heterocycles. The van der Waals surface area contributed by atoms with E-state index in [0.717, 1.165) is 16.5 Å². The number of methoxy groups -OCH3 is 1. The van der Waals surface area contributed by atoms with Crippen LogP contribution in [0.2, 0.25) is 19.6 Å². The molecule has 1 aliphatic carbocycles. The summed E-state index contributed by atoms with van der Waals surface area (Å²) in [6, 6.07) is 4.27. The molecule has 20 heavy (non-hydrogen) atoms. The van der Waals surface area contributed by atoms with Crippen LogP contribution in [0.25, 0.3) is 0 Å². The van der Waals surface area contributed by atoms with Gasteiger partial charge in [0.15, 0.2) is 0 Å². The predicted molar refractivity (Wildman–Crippen MR) is 87.5 cm³/mol. The van der Waals surface area contributed by atoms with Gasteiger partial charge in [0.1, 0.15) is 11.5 Å². The van der Waals surface area contributed by atoms with Crippen molar-refractivity contribution < 1.29 is 9.84 Å². The molecule has 0 amide bonds. The van der Waals surface area contributed by atoms with E-state index in [1.807, 2.05) is 18.3 Å². The number of ether oxygens (including phenoxy) is 1. The molecule has 0 saturated heterocycles. The zero-order valence-corrected chi connectivity index (χ0v) is 13.9. The number of rotatable bonds is 4. The largest absolute Gasteiger partial charge is 0.507 e. The van der Waals surface area contributed by atoms with Gasteiger partial charge in [0.2, 0.25) is 0 Å². The molecule has 1 aromatic carbocycles. The molecule has 2 rings (SSSR count). The van der Waals surface area contributed by atoms with E-state index in [2.05, 4.69) is 24.6 Å². The maximum absolute atomic E-state index is 10.5. The Morgan fingerprint density at radius 1 is 1.25 bits per heavy atom. The number of aliphatic imine (C=N–C) groups is 1. The lowest BCUT2D eigenvalue weighted by molar-refractivity contribution is 0.413. The molecule has 1 N–H and O–H groups in total. The van der Waals surface area contributed by atoms with Crippen LogP contribution in [0.3, 0.4) is 0 Å². The molecule has 4 heteroatoms. The lowest BCUT2D eigenvalue weighted by Crippen LogP contribution is -2.38. The molecule has 0 unspecified atom stereocenters. The van der Waals surface area contributed by atoms with E-state index in [9.17, 15) is 5.11 Å². The second-order valence-electron chi connectivity index (χ2n) is 6.58. The minimum Gasteiger partial charge on any atom is -0.507 e. The number of aromatic hydroxyl groups is 1. The lowest BCUT2D eigenvalue weighted by Gasteiger charge is -2.20. The Morgan fingerprint density at radius 2 is 1.90 bits per heavy atom. The fraction of sp³-hybridized carbons (Fsp3) is 0.562. The van der Waals surface area contributed by atoms with Crippen LogP contribution in [0.15, 0.2) is 17.1 Å². The van der Waals surface area contributed by atoms with Crippen LogP contribution in [0, 0.1) is 0 Å². The van der Waals surface area contributed by atoms with Crippen LogP contribution in [0.1, 0.15) is 31.2 Å². The number of hydrogen-bond donors (Lipinski definition) is 1. The molecule has 110 valence electrons. The highest BCUT2D eigenvalue weighted by Crippen LogP contribution is 2.25. The molecule has 0 radical (unpaired) electrons. The summed E-state index contributed by atoms with van der Waals surface area (Å²) in [7, 11) is 0.0559. The van der Waals surface area contributed by atoms with Gasteiger partial charge in [-0.1, -0.05) is 32.5 Å². The zero-order valence-electron chi connectivity index (χ0n) is 12.9. The highest BCUT2D eigenvalue weighted by atomic mass is 28.3. The molecular weight excluding hydrogens is 266 g/mol. The normalized spacial score (nSPS) is 17.0. The van der Waals surface area contributed by atoms with Gasteiger partial charge < -0.3 is 9.84 Å². The summed E-state index contributed by atoms with van der Waals surface area (Å²) in [6.45, 7) is 6.66. The maximum Gasteiger partial charge on any atom is 0.123 e. The van der Waals surface area contributed by atoms with Gasteiger partial charge in [-0.25, -0.2) is 0 Å². The van der Waals surface area contributed by atoms with Crippen molar-refractivity contribution in [2.45, 2.75) is 51.4 Å². The zero-order chi connectivity index (χ0) is 14.8. The Labute approximate surface area is 122 Å². The van der Waals surface area contributed by atoms with Crippen LogP contribution >= 0.6 is 0 Å². The second kappa shape index (κ2) is 6.00. The third-order valence-corrected chi connectivity index (χ3v) is 5.90. The molecule has 1 saturated carbocycles. The number of phenolic OH excluding ortho intramolecular Hbond substituents is 1. The van der Waals surface area contributed by atoms with Crippen molar-refractivity contribution in [3.63, 3.8) is 0 Å². The molecule has 0 spiro atoms. The summed E-state index contributed by atoms with van der Waals surface area (Å²) in [5.41, 5.74) is 0.786. The predicted octanol–water partition coefficient (Wildman–Crippen LogP) is 3.31. The van der Waals surface area contributed by atoms with Crippen LogP contribution in [0.5, 0.6) is 11.5 Å². The quantitative estimate of drug-likeness (QED) is 0.683. The van der Waals surface area contributed by atoms with Crippen LogP contribution in [0.4, 0.5) is 0 Å². The summed E-state index contributed by atoms with van der Waals surface area (Å²) in [6.07, 6.45) is 6.71. The lowest BCUT2D eigenvalue weighted by atomic mass is 10.2. The SMILES string of the molecule is COc1cc(C=NC2CCCC2)c(O)c([Si](C)(C)C)c1. The van der Waals surface area contributed by atoms with Gasteiger partial charge in [-0.05, 0) is 30.2 Å². The van der Waals surface area contributed by atoms with Crippen LogP contribution in [-0.2, 0) is 0 Å². The molecular formula is C16H25NO2Si. The van der Waals surface area contributed by atoms with Gasteiger partial charge in [0, 0.05) is 17.8 Å². The Hall–Kier alpha value is -1.29. The van der Waals surface area contributed by atoms with E-state index in [1.54, 1.807) is 7.11 Å². The summed E-state index contributed by atoms with van der Waals surface area (Å²) >= 11 is 0. The van der Waals surface area contributed by atoms with Crippen molar-refractivity contribution in [3.05, 3.63) is 17.7 Å². The Balaban J connectivity index is 2.36. The van der Waals surface area contributed by atoms with E-state index in [4.69, 9.17) is 4.74 Å². The molecule has 0 atom stereocenters. The van der Waals surface area contributed by atoms with Crippen LogP contribution < -0.4 is 9.92 Å². The maximum atomic E-state index is 10.5. The van der Waals surface area contributed by atoms with Crippen molar-refractivity contribution in [2.75, 3.05) is 7.11 Å². The summed E-state index contributed by atoms with van der Waals surface area (Å²) in [5.74, 6) is 1.18. The molecule has 1 fully saturated rings. The van der Waals surface area contributed by atoms with E-state index in [0.29, 0.717) is 11.8 Å². The van der Waals surface area contributed by atoms with Gasteiger partial charge in [0.25, 0.3) is 0 Å². The van der Waals surface area contributed by atoms with Crippen molar-refractivity contribution in [2.24, 2.45) is 4.99 Å². The molecule has 0 heterocycles. The minimum absolute atomic E-state index is 0.381. The number of hydrogen-bond acceptors (Lipinski definition) is 3. The van der Waals surface area contributed by atoms with E-state index >= 15 is 0 Å². The van der Waals surface area contributed by atoms with Gasteiger partial charge >= 0.3 is 0 Å². The number of nitrogens with zero attached hydrogens (tertiary/aromatic N) is 1. The monoisotopic (exact) mass is 291 g/mol. The molecule has 0 bridgehead atoms. The Bertz CT molecular complexity index is 500. The van der Waals surface area contributed by atoms with Gasteiger partial charge in [-0.3, -0.25) is 4.99 Å². The first-order valence-electron chi connectivity index (χ1n) is 7.36. The highest BCUT2D eigenvalue weighted by Gasteiger charge is 2.23. The van der Waals surface area contributed by atoms with Crippen molar-refractivity contribution in [3.8, 4) is 11.5 Å². The molecule has 0 aliphatic heterocycles. The standard InChI is InChI=1S/C16H25NO2Si/c1-19-14-9-12(11-17-13-7-5-6-8-13)16(18)15(10-14)20(2,3)4/h9-11,13,18H,5-8H2,1-4H3. The first-order chi connectivity index (χ1) is 9.41. The first kappa shape index (κ1) is 15.1. The van der Waals surface area contributed by atoms with Crippen molar-refractivity contribution >= 4 is 19.5 Å². The molecule has 1 aromatic rings. The van der Waals surface area contributed by atoms with Gasteiger partial charge in [0.05, 0.1) is 15.2 Å².